The average molecular weight is 304 g/mol. The summed E-state index contributed by atoms with van der Waals surface area (Å²) in [7, 11) is 0. The van der Waals surface area contributed by atoms with Gasteiger partial charge in [-0.2, -0.15) is 0 Å². The first-order valence-electron chi connectivity index (χ1n) is 5.10. The summed E-state index contributed by atoms with van der Waals surface area (Å²) >= 11 is 5.14. The van der Waals surface area contributed by atoms with Gasteiger partial charge in [0.05, 0.1) is 12.7 Å². The van der Waals surface area contributed by atoms with E-state index in [4.69, 9.17) is 9.47 Å². The van der Waals surface area contributed by atoms with Gasteiger partial charge in [0.1, 0.15) is 0 Å². The van der Waals surface area contributed by atoms with Crippen LogP contribution in [0.3, 0.4) is 0 Å². The maximum absolute atomic E-state index is 5.73. The smallest absolute Gasteiger partial charge is 0.163 e. The Hall–Kier alpha value is -0.100. The zero-order valence-electron chi connectivity index (χ0n) is 9.27. The second-order valence-corrected chi connectivity index (χ2v) is 6.11. The van der Waals surface area contributed by atoms with Gasteiger partial charge in [0.2, 0.25) is 0 Å². The largest absolute Gasteiger partial charge is 0.348 e. The number of nitrogens with zero attached hydrogens (tertiary/aromatic N) is 1. The number of hydrogen-bond donors (Lipinski definition) is 0. The fraction of sp³-hybridized carbons (Fsp3) is 0.545. The SMILES string of the molecule is CC1(C)OCC(CSc2cncc(Br)c2)O1. The van der Waals surface area contributed by atoms with Crippen LogP contribution in [0.4, 0.5) is 0 Å². The molecule has 0 aromatic carbocycles. The van der Waals surface area contributed by atoms with E-state index in [0.717, 1.165) is 15.1 Å². The van der Waals surface area contributed by atoms with Crippen molar-refractivity contribution in [3.8, 4) is 0 Å². The molecule has 2 heterocycles. The van der Waals surface area contributed by atoms with Crippen LogP contribution in [-0.2, 0) is 9.47 Å². The molecule has 88 valence electrons. The highest BCUT2D eigenvalue weighted by Crippen LogP contribution is 2.28. The van der Waals surface area contributed by atoms with E-state index in [0.29, 0.717) is 6.61 Å². The lowest BCUT2D eigenvalue weighted by Gasteiger charge is -2.16. The molecule has 1 saturated heterocycles. The molecular weight excluding hydrogens is 290 g/mol. The highest BCUT2D eigenvalue weighted by atomic mass is 79.9. The van der Waals surface area contributed by atoms with Crippen molar-refractivity contribution in [3.05, 3.63) is 22.9 Å². The van der Waals surface area contributed by atoms with E-state index in [1.165, 1.54) is 0 Å². The summed E-state index contributed by atoms with van der Waals surface area (Å²) in [5, 5.41) is 0. The van der Waals surface area contributed by atoms with Gasteiger partial charge in [0, 0.05) is 27.5 Å². The van der Waals surface area contributed by atoms with Crippen molar-refractivity contribution in [1.82, 2.24) is 4.98 Å². The third-order valence-corrected chi connectivity index (χ3v) is 3.71. The van der Waals surface area contributed by atoms with Gasteiger partial charge in [-0.15, -0.1) is 11.8 Å². The number of halogens is 1. The Morgan fingerprint density at radius 1 is 1.56 bits per heavy atom. The summed E-state index contributed by atoms with van der Waals surface area (Å²) in [6, 6.07) is 2.05. The highest BCUT2D eigenvalue weighted by molar-refractivity contribution is 9.10. The molecule has 1 aromatic heterocycles. The predicted octanol–water partition coefficient (Wildman–Crippen LogP) is 3.09. The van der Waals surface area contributed by atoms with Crippen molar-refractivity contribution < 1.29 is 9.47 Å². The molecule has 0 radical (unpaired) electrons. The Kier molecular flexibility index (Phi) is 3.89. The van der Waals surface area contributed by atoms with Crippen molar-refractivity contribution in [2.45, 2.75) is 30.6 Å². The van der Waals surface area contributed by atoms with Crippen LogP contribution in [0, 0.1) is 0 Å². The van der Waals surface area contributed by atoms with Crippen molar-refractivity contribution in [1.29, 1.82) is 0 Å². The molecule has 0 N–H and O–H groups in total. The number of rotatable bonds is 3. The minimum atomic E-state index is -0.430. The van der Waals surface area contributed by atoms with Gasteiger partial charge in [-0.1, -0.05) is 0 Å². The van der Waals surface area contributed by atoms with Crippen LogP contribution in [-0.4, -0.2) is 29.2 Å². The second kappa shape index (κ2) is 5.04. The van der Waals surface area contributed by atoms with E-state index in [1.54, 1.807) is 18.0 Å². The van der Waals surface area contributed by atoms with Gasteiger partial charge in [0.25, 0.3) is 0 Å². The Balaban J connectivity index is 1.84. The van der Waals surface area contributed by atoms with Gasteiger partial charge >= 0.3 is 0 Å². The molecule has 16 heavy (non-hydrogen) atoms. The van der Waals surface area contributed by atoms with Gasteiger partial charge in [-0.25, -0.2) is 0 Å². The topological polar surface area (TPSA) is 31.4 Å². The monoisotopic (exact) mass is 303 g/mol. The Bertz CT molecular complexity index is 373. The first-order chi connectivity index (χ1) is 7.55. The number of hydrogen-bond acceptors (Lipinski definition) is 4. The highest BCUT2D eigenvalue weighted by Gasteiger charge is 2.32. The third kappa shape index (κ3) is 3.45. The molecule has 5 heteroatoms. The maximum atomic E-state index is 5.73. The van der Waals surface area contributed by atoms with Crippen LogP contribution in [0.5, 0.6) is 0 Å². The number of aromatic nitrogens is 1. The van der Waals surface area contributed by atoms with Crippen molar-refractivity contribution in [2.75, 3.05) is 12.4 Å². The minimum Gasteiger partial charge on any atom is -0.348 e. The minimum absolute atomic E-state index is 0.166. The standard InChI is InChI=1S/C11H14BrNO2S/c1-11(2)14-6-9(15-11)7-16-10-3-8(12)4-13-5-10/h3-5,9H,6-7H2,1-2H3. The molecule has 1 fully saturated rings. The molecule has 1 aromatic rings. The third-order valence-electron chi connectivity index (χ3n) is 2.18. The summed E-state index contributed by atoms with van der Waals surface area (Å²) in [6.45, 7) is 4.55. The zero-order chi connectivity index (χ0) is 11.6. The van der Waals surface area contributed by atoms with E-state index in [9.17, 15) is 0 Å². The summed E-state index contributed by atoms with van der Waals surface area (Å²) in [6.07, 6.45) is 3.80. The summed E-state index contributed by atoms with van der Waals surface area (Å²) in [4.78, 5) is 5.26. The molecule has 0 saturated carbocycles. The van der Waals surface area contributed by atoms with E-state index < -0.39 is 5.79 Å². The van der Waals surface area contributed by atoms with E-state index in [-0.39, 0.29) is 6.10 Å². The summed E-state index contributed by atoms with van der Waals surface area (Å²) < 4.78 is 12.2. The quantitative estimate of drug-likeness (QED) is 0.803. The molecule has 0 aliphatic carbocycles. The normalized spacial score (nSPS) is 23.6. The van der Waals surface area contributed by atoms with Crippen LogP contribution >= 0.6 is 27.7 Å². The van der Waals surface area contributed by atoms with E-state index >= 15 is 0 Å². The molecule has 1 atom stereocenters. The van der Waals surface area contributed by atoms with Gasteiger partial charge in [-0.3, -0.25) is 4.98 Å². The average Bonchev–Trinajstić information content (AvgIpc) is 2.56. The molecular formula is C11H14BrNO2S. The first kappa shape index (κ1) is 12.4. The molecule has 1 unspecified atom stereocenters. The van der Waals surface area contributed by atoms with E-state index in [2.05, 4.69) is 27.0 Å². The molecule has 1 aliphatic heterocycles. The van der Waals surface area contributed by atoms with Gasteiger partial charge < -0.3 is 9.47 Å². The Labute approximate surface area is 108 Å². The number of thioether (sulfide) groups is 1. The van der Waals surface area contributed by atoms with Crippen molar-refractivity contribution in [2.24, 2.45) is 0 Å². The Morgan fingerprint density at radius 2 is 2.38 bits per heavy atom. The molecule has 1 aliphatic rings. The predicted molar refractivity (Wildman–Crippen MR) is 67.6 cm³/mol. The van der Waals surface area contributed by atoms with Crippen LogP contribution in [0.15, 0.2) is 27.8 Å². The van der Waals surface area contributed by atoms with Gasteiger partial charge in [-0.05, 0) is 35.8 Å². The molecule has 0 bridgehead atoms. The van der Waals surface area contributed by atoms with Crippen molar-refractivity contribution in [3.63, 3.8) is 0 Å². The molecule has 3 nitrogen and oxygen atoms in total. The van der Waals surface area contributed by atoms with Crippen LogP contribution in [0.1, 0.15) is 13.8 Å². The lowest BCUT2D eigenvalue weighted by Crippen LogP contribution is -2.22. The summed E-state index contributed by atoms with van der Waals surface area (Å²) in [5.41, 5.74) is 0. The summed E-state index contributed by atoms with van der Waals surface area (Å²) in [5.74, 6) is 0.461. The molecule has 2 rings (SSSR count). The fourth-order valence-corrected chi connectivity index (χ4v) is 2.91. The van der Waals surface area contributed by atoms with E-state index in [1.807, 2.05) is 20.0 Å². The number of ether oxygens (including phenoxy) is 2. The lowest BCUT2D eigenvalue weighted by atomic mass is 10.4. The fourth-order valence-electron chi connectivity index (χ4n) is 1.51. The molecule has 0 spiro atoms. The zero-order valence-corrected chi connectivity index (χ0v) is 11.7. The van der Waals surface area contributed by atoms with Crippen molar-refractivity contribution >= 4 is 27.7 Å². The van der Waals surface area contributed by atoms with Crippen LogP contribution in [0.25, 0.3) is 0 Å². The second-order valence-electron chi connectivity index (χ2n) is 4.10. The van der Waals surface area contributed by atoms with Gasteiger partial charge in [0.15, 0.2) is 5.79 Å². The lowest BCUT2D eigenvalue weighted by molar-refractivity contribution is -0.135. The maximum Gasteiger partial charge on any atom is 0.163 e. The van der Waals surface area contributed by atoms with Crippen LogP contribution < -0.4 is 0 Å². The molecule has 0 amide bonds. The number of pyridine rings is 1. The Morgan fingerprint density at radius 3 is 3.00 bits per heavy atom. The van der Waals surface area contributed by atoms with Crippen LogP contribution in [0.2, 0.25) is 0 Å². The first-order valence-corrected chi connectivity index (χ1v) is 6.88.